The second-order valence-electron chi connectivity index (χ2n) is 7.07. The van der Waals surface area contributed by atoms with Gasteiger partial charge in [0.05, 0.1) is 30.5 Å². The van der Waals surface area contributed by atoms with Gasteiger partial charge in [-0.1, -0.05) is 12.1 Å². The van der Waals surface area contributed by atoms with Gasteiger partial charge in [0.1, 0.15) is 0 Å². The minimum Gasteiger partial charge on any atom is -0.378 e. The van der Waals surface area contributed by atoms with Gasteiger partial charge < -0.3 is 19.9 Å². The minimum absolute atomic E-state index is 0.00947. The summed E-state index contributed by atoms with van der Waals surface area (Å²) in [6.07, 6.45) is 3.63. The lowest BCUT2D eigenvalue weighted by Gasteiger charge is -2.32. The molecule has 2 aliphatic rings. The number of hydrogen-bond donors (Lipinski definition) is 1. The van der Waals surface area contributed by atoms with Crippen molar-refractivity contribution >= 4 is 23.2 Å². The number of carbonyl (C=O) groups is 2. The van der Waals surface area contributed by atoms with E-state index in [1.807, 2.05) is 36.4 Å². The van der Waals surface area contributed by atoms with Crippen LogP contribution in [-0.2, 0) is 20.9 Å². The molecule has 2 saturated heterocycles. The summed E-state index contributed by atoms with van der Waals surface area (Å²) in [6, 6.07) is 11.6. The lowest BCUT2D eigenvalue weighted by Crippen LogP contribution is -2.38. The zero-order chi connectivity index (χ0) is 19.3. The second-order valence-corrected chi connectivity index (χ2v) is 7.07. The molecule has 7 nitrogen and oxygen atoms in total. The lowest BCUT2D eigenvalue weighted by molar-refractivity contribution is -0.126. The summed E-state index contributed by atoms with van der Waals surface area (Å²) in [6.45, 7) is 3.81. The maximum absolute atomic E-state index is 12.7. The molecule has 0 saturated carbocycles. The first-order chi connectivity index (χ1) is 13.7. The summed E-state index contributed by atoms with van der Waals surface area (Å²) in [5.74, 6) is -0.437. The number of aromatic nitrogens is 1. The Balaban J connectivity index is 1.44. The number of para-hydroxylation sites is 2. The van der Waals surface area contributed by atoms with Crippen molar-refractivity contribution in [3.05, 3.63) is 54.4 Å². The molecule has 0 bridgehead atoms. The van der Waals surface area contributed by atoms with E-state index < -0.39 is 0 Å². The number of nitrogens with one attached hydrogen (secondary N) is 1. The Morgan fingerprint density at radius 1 is 1.11 bits per heavy atom. The van der Waals surface area contributed by atoms with E-state index in [0.29, 0.717) is 26.3 Å². The van der Waals surface area contributed by atoms with Gasteiger partial charge in [-0.05, 0) is 29.8 Å². The number of hydrogen-bond acceptors (Lipinski definition) is 5. The van der Waals surface area contributed by atoms with Crippen molar-refractivity contribution in [2.24, 2.45) is 5.92 Å². The summed E-state index contributed by atoms with van der Waals surface area (Å²) in [4.78, 5) is 33.3. The summed E-state index contributed by atoms with van der Waals surface area (Å²) in [7, 11) is 0. The SMILES string of the molecule is O=C(NCc1ccncc1)C1CC(=O)N(c2ccccc2N2CCOCC2)C1. The van der Waals surface area contributed by atoms with Crippen molar-refractivity contribution in [1.82, 2.24) is 10.3 Å². The smallest absolute Gasteiger partial charge is 0.227 e. The van der Waals surface area contributed by atoms with Gasteiger partial charge in [-0.15, -0.1) is 0 Å². The molecule has 1 aromatic carbocycles. The Morgan fingerprint density at radius 3 is 2.57 bits per heavy atom. The average Bonchev–Trinajstić information content (AvgIpc) is 3.15. The molecular weight excluding hydrogens is 356 g/mol. The van der Waals surface area contributed by atoms with Gasteiger partial charge >= 0.3 is 0 Å². The highest BCUT2D eigenvalue weighted by Crippen LogP contribution is 2.34. The molecule has 146 valence electrons. The molecule has 1 atom stereocenters. The van der Waals surface area contributed by atoms with Crippen LogP contribution < -0.4 is 15.1 Å². The molecule has 0 spiro atoms. The molecule has 4 rings (SSSR count). The molecule has 3 heterocycles. The van der Waals surface area contributed by atoms with Crippen molar-refractivity contribution in [1.29, 1.82) is 0 Å². The standard InChI is InChI=1S/C21H24N4O3/c26-20-13-17(21(27)23-14-16-5-7-22-8-6-16)15-25(20)19-4-2-1-3-18(19)24-9-11-28-12-10-24/h1-8,17H,9-15H2,(H,23,27). The number of nitrogens with zero attached hydrogens (tertiary/aromatic N) is 3. The first-order valence-corrected chi connectivity index (χ1v) is 9.61. The third-order valence-electron chi connectivity index (χ3n) is 5.24. The topological polar surface area (TPSA) is 74.8 Å². The van der Waals surface area contributed by atoms with Crippen LogP contribution in [0.25, 0.3) is 0 Å². The monoisotopic (exact) mass is 380 g/mol. The van der Waals surface area contributed by atoms with Crippen molar-refractivity contribution in [2.45, 2.75) is 13.0 Å². The van der Waals surface area contributed by atoms with Gasteiger partial charge in [0.2, 0.25) is 11.8 Å². The van der Waals surface area contributed by atoms with Gasteiger partial charge in [0.15, 0.2) is 0 Å². The lowest BCUT2D eigenvalue weighted by atomic mass is 10.1. The van der Waals surface area contributed by atoms with Gasteiger partial charge in [0, 0.05) is 45.0 Å². The van der Waals surface area contributed by atoms with E-state index in [2.05, 4.69) is 15.2 Å². The van der Waals surface area contributed by atoms with E-state index in [9.17, 15) is 9.59 Å². The molecule has 0 aliphatic carbocycles. The molecule has 2 aromatic rings. The van der Waals surface area contributed by atoms with Gasteiger partial charge in [0.25, 0.3) is 0 Å². The van der Waals surface area contributed by atoms with Crippen molar-refractivity contribution < 1.29 is 14.3 Å². The molecule has 28 heavy (non-hydrogen) atoms. The quantitative estimate of drug-likeness (QED) is 0.853. The summed E-state index contributed by atoms with van der Waals surface area (Å²) < 4.78 is 5.44. The molecule has 1 unspecified atom stereocenters. The number of carbonyl (C=O) groups excluding carboxylic acids is 2. The first kappa shape index (κ1) is 18.4. The number of rotatable bonds is 5. The molecule has 2 amide bonds. The largest absolute Gasteiger partial charge is 0.378 e. The van der Waals surface area contributed by atoms with E-state index in [1.165, 1.54) is 0 Å². The molecule has 2 fully saturated rings. The second kappa shape index (κ2) is 8.39. The number of pyridine rings is 1. The minimum atomic E-state index is -0.341. The third kappa shape index (κ3) is 3.99. The van der Waals surface area contributed by atoms with Crippen LogP contribution in [0.3, 0.4) is 0 Å². The van der Waals surface area contributed by atoms with Crippen LogP contribution in [-0.4, -0.2) is 49.6 Å². The predicted molar refractivity (Wildman–Crippen MR) is 106 cm³/mol. The van der Waals surface area contributed by atoms with Crippen molar-refractivity contribution in [2.75, 3.05) is 42.6 Å². The van der Waals surface area contributed by atoms with Crippen molar-refractivity contribution in [3.8, 4) is 0 Å². The van der Waals surface area contributed by atoms with Gasteiger partial charge in [-0.2, -0.15) is 0 Å². The van der Waals surface area contributed by atoms with Gasteiger partial charge in [-0.3, -0.25) is 14.6 Å². The normalized spacial score (nSPS) is 19.7. The van der Waals surface area contributed by atoms with Crippen LogP contribution in [0.15, 0.2) is 48.8 Å². The maximum atomic E-state index is 12.7. The van der Waals surface area contributed by atoms with Gasteiger partial charge in [-0.25, -0.2) is 0 Å². The molecule has 1 aromatic heterocycles. The van der Waals surface area contributed by atoms with Crippen molar-refractivity contribution in [3.63, 3.8) is 0 Å². The van der Waals surface area contributed by atoms with E-state index in [-0.39, 0.29) is 24.2 Å². The maximum Gasteiger partial charge on any atom is 0.227 e. The van der Waals surface area contributed by atoms with Crippen LogP contribution in [0.5, 0.6) is 0 Å². The highest BCUT2D eigenvalue weighted by Gasteiger charge is 2.36. The molecule has 0 radical (unpaired) electrons. The third-order valence-corrected chi connectivity index (χ3v) is 5.24. The number of amides is 2. The highest BCUT2D eigenvalue weighted by atomic mass is 16.5. The predicted octanol–water partition coefficient (Wildman–Crippen LogP) is 1.59. The molecule has 1 N–H and O–H groups in total. The number of ether oxygens (including phenoxy) is 1. The Kier molecular flexibility index (Phi) is 5.53. The van der Waals surface area contributed by atoms with E-state index in [1.54, 1.807) is 17.3 Å². The number of anilines is 2. The van der Waals surface area contributed by atoms with E-state index in [0.717, 1.165) is 30.0 Å². The molecular formula is C21H24N4O3. The molecule has 2 aliphatic heterocycles. The van der Waals surface area contributed by atoms with Crippen LogP contribution in [0, 0.1) is 5.92 Å². The van der Waals surface area contributed by atoms with Crippen LogP contribution in [0.4, 0.5) is 11.4 Å². The zero-order valence-corrected chi connectivity index (χ0v) is 15.7. The van der Waals surface area contributed by atoms with Crippen LogP contribution >= 0.6 is 0 Å². The van der Waals surface area contributed by atoms with E-state index in [4.69, 9.17) is 4.74 Å². The fraction of sp³-hybridized carbons (Fsp3) is 0.381. The Hall–Kier alpha value is -2.93. The van der Waals surface area contributed by atoms with Crippen LogP contribution in [0.1, 0.15) is 12.0 Å². The average molecular weight is 380 g/mol. The number of morpholine rings is 1. The summed E-state index contributed by atoms with van der Waals surface area (Å²) >= 11 is 0. The van der Waals surface area contributed by atoms with Crippen LogP contribution in [0.2, 0.25) is 0 Å². The van der Waals surface area contributed by atoms with E-state index >= 15 is 0 Å². The first-order valence-electron chi connectivity index (χ1n) is 9.61. The zero-order valence-electron chi connectivity index (χ0n) is 15.7. The summed E-state index contributed by atoms with van der Waals surface area (Å²) in [5.41, 5.74) is 2.89. The fourth-order valence-electron chi connectivity index (χ4n) is 3.71. The Morgan fingerprint density at radius 2 is 1.82 bits per heavy atom. The Bertz CT molecular complexity index is 837. The summed E-state index contributed by atoms with van der Waals surface area (Å²) in [5, 5.41) is 2.94. The molecule has 7 heteroatoms. The highest BCUT2D eigenvalue weighted by molar-refractivity contribution is 6.02. The number of benzene rings is 1. The Labute approximate surface area is 164 Å². The fourth-order valence-corrected chi connectivity index (χ4v) is 3.71.